The van der Waals surface area contributed by atoms with E-state index in [1.54, 1.807) is 0 Å². The summed E-state index contributed by atoms with van der Waals surface area (Å²) in [5.74, 6) is -50.4. The molecule has 0 radical (unpaired) electrons. The van der Waals surface area contributed by atoms with Crippen LogP contribution in [0.15, 0.2) is 0 Å². The minimum absolute atomic E-state index is 0.213. The Morgan fingerprint density at radius 1 is 0.700 bits per heavy atom. The fraction of sp³-hybridized carbons (Fsp3) is 0.923. The van der Waals surface area contributed by atoms with Crippen LogP contribution in [-0.2, 0) is 4.79 Å². The van der Waals surface area contributed by atoms with Crippen LogP contribution in [0.3, 0.4) is 0 Å². The van der Waals surface area contributed by atoms with Crippen molar-refractivity contribution in [2.75, 3.05) is 6.54 Å². The molecule has 0 bridgehead atoms. The fourth-order valence-corrected chi connectivity index (χ4v) is 1.81. The molecule has 0 rings (SSSR count). The Morgan fingerprint density at radius 3 is 1.37 bits per heavy atom. The summed E-state index contributed by atoms with van der Waals surface area (Å²) in [6.45, 7) is 1.96. The summed E-state index contributed by atoms with van der Waals surface area (Å²) in [5.41, 5.74) is 0. The van der Waals surface area contributed by atoms with Crippen LogP contribution >= 0.6 is 11.6 Å². The van der Waals surface area contributed by atoms with E-state index in [1.807, 2.05) is 0 Å². The van der Waals surface area contributed by atoms with Crippen molar-refractivity contribution in [1.82, 2.24) is 5.32 Å². The van der Waals surface area contributed by atoms with Crippen LogP contribution in [0, 0.1) is 5.92 Å². The Hall–Kier alpha value is -1.22. The van der Waals surface area contributed by atoms with Crippen molar-refractivity contribution in [1.29, 1.82) is 0 Å². The van der Waals surface area contributed by atoms with E-state index in [0.29, 0.717) is 0 Å². The van der Waals surface area contributed by atoms with E-state index in [9.17, 15) is 66.3 Å². The molecule has 0 aliphatic rings. The Kier molecular flexibility index (Phi) is 7.71. The Morgan fingerprint density at radius 2 is 1.03 bits per heavy atom. The number of rotatable bonds is 10. The van der Waals surface area contributed by atoms with Crippen molar-refractivity contribution in [3.63, 3.8) is 0 Å². The average Bonchev–Trinajstić information content (AvgIpc) is 2.52. The van der Waals surface area contributed by atoms with Crippen LogP contribution in [0.25, 0.3) is 0 Å². The van der Waals surface area contributed by atoms with Crippen molar-refractivity contribution in [3.8, 4) is 0 Å². The summed E-state index contributed by atoms with van der Waals surface area (Å²) in [5, 5.41) is -5.74. The molecule has 1 N–H and O–H groups in total. The number of hydrogen-bond donors (Lipinski definition) is 1. The molecule has 2 nitrogen and oxygen atoms in total. The Labute approximate surface area is 163 Å². The van der Waals surface area contributed by atoms with Gasteiger partial charge in [-0.25, -0.2) is 0 Å². The average molecular weight is 500 g/mol. The van der Waals surface area contributed by atoms with E-state index in [2.05, 4.69) is 11.6 Å². The van der Waals surface area contributed by atoms with Gasteiger partial charge in [-0.3, -0.25) is 4.79 Å². The molecule has 0 aliphatic heterocycles. The predicted octanol–water partition coefficient (Wildman–Crippen LogP) is 5.79. The first-order valence-corrected chi connectivity index (χ1v) is 7.83. The molecule has 0 saturated carbocycles. The first kappa shape index (κ1) is 28.8. The Balaban J connectivity index is 6.26. The maximum atomic E-state index is 13.5. The lowest BCUT2D eigenvalue weighted by atomic mass is 9.91. The summed E-state index contributed by atoms with van der Waals surface area (Å²) >= 11 is 3.46. The van der Waals surface area contributed by atoms with Gasteiger partial charge < -0.3 is 5.32 Å². The lowest BCUT2D eigenvalue weighted by molar-refractivity contribution is -0.431. The molecule has 1 amide bonds. The smallest absolute Gasteiger partial charge is 0.351 e. The highest BCUT2D eigenvalue weighted by Gasteiger charge is 2.93. The highest BCUT2D eigenvalue weighted by Crippen LogP contribution is 2.62. The second-order valence-electron chi connectivity index (χ2n) is 6.38. The van der Waals surface area contributed by atoms with E-state index < -0.39 is 53.4 Å². The van der Waals surface area contributed by atoms with Crippen LogP contribution in [0.5, 0.6) is 0 Å². The molecule has 0 aliphatic carbocycles. The monoisotopic (exact) mass is 499 g/mol. The lowest BCUT2D eigenvalue weighted by Gasteiger charge is -2.41. The molecule has 180 valence electrons. The summed E-state index contributed by atoms with van der Waals surface area (Å²) in [6, 6.07) is 0. The molecule has 0 fully saturated rings. The van der Waals surface area contributed by atoms with E-state index in [0.717, 1.165) is 5.32 Å². The van der Waals surface area contributed by atoms with Crippen LogP contribution in [0.4, 0.5) is 61.5 Å². The molecule has 0 aromatic heterocycles. The zero-order valence-corrected chi connectivity index (χ0v) is 15.3. The third-order valence-corrected chi connectivity index (χ3v) is 3.86. The first-order chi connectivity index (χ1) is 12.8. The van der Waals surface area contributed by atoms with Gasteiger partial charge in [0.1, 0.15) is 0 Å². The molecule has 0 spiro atoms. The van der Waals surface area contributed by atoms with Crippen LogP contribution in [0.2, 0.25) is 0 Å². The van der Waals surface area contributed by atoms with E-state index in [1.165, 1.54) is 13.8 Å². The topological polar surface area (TPSA) is 29.1 Å². The van der Waals surface area contributed by atoms with Crippen molar-refractivity contribution < 1.29 is 66.3 Å². The predicted molar refractivity (Wildman–Crippen MR) is 72.9 cm³/mol. The number of nitrogens with one attached hydrogen (secondary N) is 1. The van der Waals surface area contributed by atoms with Gasteiger partial charge >= 0.3 is 40.9 Å². The number of amides is 1. The highest BCUT2D eigenvalue weighted by atomic mass is 35.5. The SMILES string of the molecule is CC(C)CCNC(=O)C(F)(F)C(F)(F)C(F)(F)C(F)(F)C(F)(F)C(F)(F)C(F)(F)Cl. The lowest BCUT2D eigenvalue weighted by Crippen LogP contribution is -2.73. The number of halogens is 15. The van der Waals surface area contributed by atoms with Gasteiger partial charge in [0.2, 0.25) is 0 Å². The van der Waals surface area contributed by atoms with Crippen LogP contribution in [0.1, 0.15) is 20.3 Å². The molecule has 0 aromatic rings. The molecular weight excluding hydrogens is 488 g/mol. The number of carbonyl (C=O) groups excluding carboxylic acids is 1. The molecule has 30 heavy (non-hydrogen) atoms. The molecule has 0 atom stereocenters. The summed E-state index contributed by atoms with van der Waals surface area (Å²) in [6.07, 6.45) is -0.213. The van der Waals surface area contributed by atoms with Gasteiger partial charge in [0.15, 0.2) is 0 Å². The molecule has 0 saturated heterocycles. The van der Waals surface area contributed by atoms with Crippen molar-refractivity contribution >= 4 is 17.5 Å². The number of alkyl halides is 15. The van der Waals surface area contributed by atoms with E-state index in [4.69, 9.17) is 0 Å². The molecular formula is C13H12ClF14NO. The normalized spacial score (nSPS) is 15.5. The van der Waals surface area contributed by atoms with E-state index >= 15 is 0 Å². The molecule has 17 heteroatoms. The Bertz CT molecular complexity index is 628. The van der Waals surface area contributed by atoms with Gasteiger partial charge in [0.05, 0.1) is 0 Å². The van der Waals surface area contributed by atoms with Crippen molar-refractivity contribution in [3.05, 3.63) is 0 Å². The number of hydrogen-bond acceptors (Lipinski definition) is 1. The quantitative estimate of drug-likeness (QED) is 0.299. The molecule has 0 unspecified atom stereocenters. The van der Waals surface area contributed by atoms with Gasteiger partial charge in [-0.1, -0.05) is 13.8 Å². The molecule has 0 aromatic carbocycles. The van der Waals surface area contributed by atoms with Gasteiger partial charge in [0.25, 0.3) is 5.91 Å². The van der Waals surface area contributed by atoms with Gasteiger partial charge in [-0.15, -0.1) is 0 Å². The summed E-state index contributed by atoms with van der Waals surface area (Å²) < 4.78 is 184. The van der Waals surface area contributed by atoms with Crippen molar-refractivity contribution in [2.24, 2.45) is 5.92 Å². The fourth-order valence-electron chi connectivity index (χ4n) is 1.69. The maximum absolute atomic E-state index is 13.5. The maximum Gasteiger partial charge on any atom is 0.393 e. The van der Waals surface area contributed by atoms with Crippen LogP contribution < -0.4 is 5.32 Å². The third kappa shape index (κ3) is 4.24. The first-order valence-electron chi connectivity index (χ1n) is 7.46. The standard InChI is InChI=1S/C13H12ClF14NO/c1-5(2)3-4-29-6(30)7(15,16)8(17,18)9(19,20)10(21,22)11(23,24)12(25,26)13(14,27)28/h5H,3-4H2,1-2H3,(H,29,30). The molecule has 0 heterocycles. The zero-order chi connectivity index (χ0) is 24.8. The highest BCUT2D eigenvalue weighted by molar-refractivity contribution is 6.22. The summed E-state index contributed by atoms with van der Waals surface area (Å²) in [4.78, 5) is 11.1. The summed E-state index contributed by atoms with van der Waals surface area (Å²) in [7, 11) is 0. The minimum atomic E-state index is -8.24. The van der Waals surface area contributed by atoms with Gasteiger partial charge in [-0.2, -0.15) is 61.5 Å². The van der Waals surface area contributed by atoms with Gasteiger partial charge in [0, 0.05) is 6.54 Å². The number of carbonyl (C=O) groups is 1. The second-order valence-corrected chi connectivity index (χ2v) is 6.86. The van der Waals surface area contributed by atoms with Crippen LogP contribution in [-0.4, -0.2) is 53.4 Å². The van der Waals surface area contributed by atoms with Gasteiger partial charge in [-0.05, 0) is 23.9 Å². The second kappa shape index (κ2) is 8.04. The zero-order valence-electron chi connectivity index (χ0n) is 14.6. The van der Waals surface area contributed by atoms with Crippen molar-refractivity contribution in [2.45, 2.75) is 61.2 Å². The third-order valence-electron chi connectivity index (χ3n) is 3.62. The largest absolute Gasteiger partial charge is 0.393 e. The minimum Gasteiger partial charge on any atom is -0.351 e. The van der Waals surface area contributed by atoms with E-state index in [-0.39, 0.29) is 12.3 Å².